The summed E-state index contributed by atoms with van der Waals surface area (Å²) in [6.07, 6.45) is 0. The molecule has 0 radical (unpaired) electrons. The highest BCUT2D eigenvalue weighted by Crippen LogP contribution is 2.39. The van der Waals surface area contributed by atoms with Crippen molar-refractivity contribution >= 4 is 23.5 Å². The molecule has 0 spiro atoms. The first-order valence-electron chi connectivity index (χ1n) is 13.6. The van der Waals surface area contributed by atoms with Crippen LogP contribution < -0.4 is 24.3 Å². The number of para-hydroxylation sites is 2. The SMILES string of the molecule is CCOc1cc(C(=O)NCc2nnc(SCC(=O)c3ccccc3)n2-c2ccccc2OC)cc(OCC)c1OCC. The standard InChI is InChI=1S/C31H34N4O6S/c1-5-39-26-17-22(18-27(40-6-2)29(26)41-7-3)30(37)32-19-28-33-34-31(35(28)23-15-11-12-16-25(23)38-4)42-20-24(36)21-13-9-8-10-14-21/h8-18H,5-7,19-20H2,1-4H3,(H,32,37). The first kappa shape index (κ1) is 30.4. The first-order valence-corrected chi connectivity index (χ1v) is 14.6. The van der Waals surface area contributed by atoms with E-state index in [0.29, 0.717) is 70.6 Å². The molecule has 0 aliphatic carbocycles. The maximum atomic E-state index is 13.4. The third-order valence-corrected chi connectivity index (χ3v) is 6.96. The molecular weight excluding hydrogens is 556 g/mol. The quantitative estimate of drug-likeness (QED) is 0.144. The molecule has 0 saturated carbocycles. The highest BCUT2D eigenvalue weighted by molar-refractivity contribution is 7.99. The van der Waals surface area contributed by atoms with Crippen molar-refractivity contribution in [1.82, 2.24) is 20.1 Å². The Labute approximate surface area is 249 Å². The number of Topliss-reactive ketones (excluding diaryl/α,β-unsaturated/α-hetero) is 1. The molecule has 1 aromatic heterocycles. The summed E-state index contributed by atoms with van der Waals surface area (Å²) >= 11 is 1.26. The van der Waals surface area contributed by atoms with Crippen molar-refractivity contribution in [3.63, 3.8) is 0 Å². The number of hydrogen-bond donors (Lipinski definition) is 1. The van der Waals surface area contributed by atoms with Crippen LogP contribution in [0, 0.1) is 0 Å². The van der Waals surface area contributed by atoms with Crippen molar-refractivity contribution in [1.29, 1.82) is 0 Å². The summed E-state index contributed by atoms with van der Waals surface area (Å²) in [6, 6.07) is 19.8. The summed E-state index contributed by atoms with van der Waals surface area (Å²) < 4.78 is 24.7. The molecule has 0 saturated heterocycles. The van der Waals surface area contributed by atoms with Gasteiger partial charge in [-0.25, -0.2) is 0 Å². The van der Waals surface area contributed by atoms with Gasteiger partial charge in [0.15, 0.2) is 28.3 Å². The van der Waals surface area contributed by atoms with Gasteiger partial charge in [0.25, 0.3) is 5.91 Å². The smallest absolute Gasteiger partial charge is 0.251 e. The van der Waals surface area contributed by atoms with Gasteiger partial charge in [-0.3, -0.25) is 14.2 Å². The predicted molar refractivity (Wildman–Crippen MR) is 161 cm³/mol. The monoisotopic (exact) mass is 590 g/mol. The molecule has 220 valence electrons. The summed E-state index contributed by atoms with van der Waals surface area (Å²) in [6.45, 7) is 6.85. The van der Waals surface area contributed by atoms with Crippen molar-refractivity contribution in [2.45, 2.75) is 32.5 Å². The van der Waals surface area contributed by atoms with Crippen molar-refractivity contribution in [3.05, 3.63) is 83.7 Å². The molecule has 0 fully saturated rings. The Morgan fingerprint density at radius 3 is 2.10 bits per heavy atom. The van der Waals surface area contributed by atoms with E-state index >= 15 is 0 Å². The summed E-state index contributed by atoms with van der Waals surface area (Å²) in [5, 5.41) is 12.1. The van der Waals surface area contributed by atoms with E-state index in [1.807, 2.05) is 63.2 Å². The maximum absolute atomic E-state index is 13.4. The van der Waals surface area contributed by atoms with Gasteiger partial charge in [0.05, 0.1) is 44.9 Å². The van der Waals surface area contributed by atoms with E-state index < -0.39 is 0 Å². The molecular formula is C31H34N4O6S. The maximum Gasteiger partial charge on any atom is 0.251 e. The second-order valence-corrected chi connectivity index (χ2v) is 9.71. The number of rotatable bonds is 15. The Bertz CT molecular complexity index is 1480. The van der Waals surface area contributed by atoms with Crippen LogP contribution in [0.3, 0.4) is 0 Å². The number of benzene rings is 3. The highest BCUT2D eigenvalue weighted by atomic mass is 32.2. The van der Waals surface area contributed by atoms with Crippen LogP contribution in [0.4, 0.5) is 0 Å². The molecule has 3 aromatic carbocycles. The lowest BCUT2D eigenvalue weighted by molar-refractivity contribution is 0.0947. The number of aromatic nitrogens is 3. The van der Waals surface area contributed by atoms with Crippen LogP contribution in [0.2, 0.25) is 0 Å². The lowest BCUT2D eigenvalue weighted by atomic mass is 10.1. The minimum Gasteiger partial charge on any atom is -0.495 e. The molecule has 1 N–H and O–H groups in total. The number of thioether (sulfide) groups is 1. The van der Waals surface area contributed by atoms with Crippen LogP contribution in [0.5, 0.6) is 23.0 Å². The summed E-state index contributed by atoms with van der Waals surface area (Å²) in [5.41, 5.74) is 1.65. The third kappa shape index (κ3) is 7.22. The van der Waals surface area contributed by atoms with E-state index in [9.17, 15) is 9.59 Å². The van der Waals surface area contributed by atoms with Crippen molar-refractivity contribution in [2.24, 2.45) is 0 Å². The molecule has 0 bridgehead atoms. The lowest BCUT2D eigenvalue weighted by Crippen LogP contribution is -2.25. The Morgan fingerprint density at radius 2 is 1.45 bits per heavy atom. The second-order valence-electron chi connectivity index (χ2n) is 8.77. The van der Waals surface area contributed by atoms with Crippen molar-refractivity contribution in [2.75, 3.05) is 32.7 Å². The number of methoxy groups -OCH3 is 1. The van der Waals surface area contributed by atoms with Crippen LogP contribution in [0.25, 0.3) is 5.69 Å². The highest BCUT2D eigenvalue weighted by Gasteiger charge is 2.22. The van der Waals surface area contributed by atoms with Gasteiger partial charge >= 0.3 is 0 Å². The van der Waals surface area contributed by atoms with E-state index in [2.05, 4.69) is 15.5 Å². The molecule has 0 aliphatic rings. The second kappa shape index (κ2) is 14.9. The van der Waals surface area contributed by atoms with E-state index in [1.54, 1.807) is 35.9 Å². The molecule has 1 heterocycles. The van der Waals surface area contributed by atoms with Crippen LogP contribution in [-0.4, -0.2) is 59.1 Å². The van der Waals surface area contributed by atoms with Crippen LogP contribution in [0.15, 0.2) is 71.9 Å². The van der Waals surface area contributed by atoms with Gasteiger partial charge in [-0.05, 0) is 45.0 Å². The number of amides is 1. The molecule has 4 aromatic rings. The molecule has 0 atom stereocenters. The molecule has 0 unspecified atom stereocenters. The van der Waals surface area contributed by atoms with Gasteiger partial charge in [0.1, 0.15) is 5.75 Å². The molecule has 11 heteroatoms. The van der Waals surface area contributed by atoms with Gasteiger partial charge in [-0.15, -0.1) is 10.2 Å². The predicted octanol–water partition coefficient (Wildman–Crippen LogP) is 5.38. The number of ketones is 1. The number of ether oxygens (including phenoxy) is 4. The Balaban J connectivity index is 1.61. The molecule has 42 heavy (non-hydrogen) atoms. The normalized spacial score (nSPS) is 10.7. The number of hydrogen-bond acceptors (Lipinski definition) is 9. The minimum absolute atomic E-state index is 0.0317. The zero-order valence-electron chi connectivity index (χ0n) is 24.1. The number of carbonyl (C=O) groups excluding carboxylic acids is 2. The third-order valence-electron chi connectivity index (χ3n) is 6.03. The van der Waals surface area contributed by atoms with E-state index in [1.165, 1.54) is 11.8 Å². The van der Waals surface area contributed by atoms with Gasteiger partial charge < -0.3 is 24.3 Å². The average molecular weight is 591 g/mol. The topological polar surface area (TPSA) is 114 Å². The zero-order chi connectivity index (χ0) is 29.9. The fraction of sp³-hybridized carbons (Fsp3) is 0.290. The van der Waals surface area contributed by atoms with Crippen LogP contribution >= 0.6 is 11.8 Å². The zero-order valence-corrected chi connectivity index (χ0v) is 24.9. The van der Waals surface area contributed by atoms with Gasteiger partial charge in [0.2, 0.25) is 5.75 Å². The van der Waals surface area contributed by atoms with E-state index in [4.69, 9.17) is 18.9 Å². The van der Waals surface area contributed by atoms with Gasteiger partial charge in [-0.1, -0.05) is 54.2 Å². The Hall–Kier alpha value is -4.51. The summed E-state index contributed by atoms with van der Waals surface area (Å²) in [7, 11) is 1.58. The molecule has 4 rings (SSSR count). The molecule has 10 nitrogen and oxygen atoms in total. The lowest BCUT2D eigenvalue weighted by Gasteiger charge is -2.17. The fourth-order valence-corrected chi connectivity index (χ4v) is 5.04. The largest absolute Gasteiger partial charge is 0.495 e. The fourth-order valence-electron chi connectivity index (χ4n) is 4.18. The van der Waals surface area contributed by atoms with Gasteiger partial charge in [-0.2, -0.15) is 0 Å². The van der Waals surface area contributed by atoms with E-state index in [-0.39, 0.29) is 24.0 Å². The number of carbonyl (C=O) groups is 2. The summed E-state index contributed by atoms with van der Waals surface area (Å²) in [4.78, 5) is 26.1. The Morgan fingerprint density at radius 1 is 0.810 bits per heavy atom. The first-order chi connectivity index (χ1) is 20.5. The minimum atomic E-state index is -0.358. The van der Waals surface area contributed by atoms with Crippen molar-refractivity contribution < 1.29 is 28.5 Å². The van der Waals surface area contributed by atoms with Crippen LogP contribution in [0.1, 0.15) is 47.3 Å². The average Bonchev–Trinajstić information content (AvgIpc) is 3.43. The molecule has 0 aliphatic heterocycles. The number of nitrogens with zero attached hydrogens (tertiary/aromatic N) is 3. The van der Waals surface area contributed by atoms with Crippen molar-refractivity contribution in [3.8, 4) is 28.7 Å². The van der Waals surface area contributed by atoms with Crippen LogP contribution in [-0.2, 0) is 6.54 Å². The summed E-state index contributed by atoms with van der Waals surface area (Å²) in [5.74, 6) is 2.14. The number of nitrogens with one attached hydrogen (secondary N) is 1. The Kier molecular flexibility index (Phi) is 10.8. The van der Waals surface area contributed by atoms with Gasteiger partial charge in [0, 0.05) is 11.1 Å². The molecule has 1 amide bonds. The van der Waals surface area contributed by atoms with E-state index in [0.717, 1.165) is 0 Å².